The maximum Gasteiger partial charge on any atom is 0.269 e. The SMILES string of the molecule is C[C@@H](SCC(=O)Nc1cccc(Cl)c1Cl)c1cccc([N+](=O)[O-])c1. The van der Waals surface area contributed by atoms with Gasteiger partial charge in [-0.15, -0.1) is 11.8 Å². The molecule has 126 valence electrons. The lowest BCUT2D eigenvalue weighted by Gasteiger charge is -2.12. The Morgan fingerprint density at radius 2 is 2.00 bits per heavy atom. The van der Waals surface area contributed by atoms with Crippen LogP contribution in [0.2, 0.25) is 10.0 Å². The van der Waals surface area contributed by atoms with Crippen molar-refractivity contribution in [2.45, 2.75) is 12.2 Å². The molecule has 24 heavy (non-hydrogen) atoms. The zero-order chi connectivity index (χ0) is 17.7. The molecule has 0 fully saturated rings. The topological polar surface area (TPSA) is 72.2 Å². The fraction of sp³-hybridized carbons (Fsp3) is 0.188. The molecule has 1 atom stereocenters. The van der Waals surface area contributed by atoms with Gasteiger partial charge in [0.25, 0.3) is 5.69 Å². The van der Waals surface area contributed by atoms with Gasteiger partial charge in [-0.2, -0.15) is 0 Å². The summed E-state index contributed by atoms with van der Waals surface area (Å²) in [5.41, 5.74) is 1.29. The molecule has 0 aliphatic heterocycles. The summed E-state index contributed by atoms with van der Waals surface area (Å²) in [7, 11) is 0. The van der Waals surface area contributed by atoms with Crippen LogP contribution in [0.1, 0.15) is 17.7 Å². The molecule has 2 aromatic rings. The summed E-state index contributed by atoms with van der Waals surface area (Å²) in [5, 5.41) is 14.1. The van der Waals surface area contributed by atoms with Gasteiger partial charge >= 0.3 is 0 Å². The van der Waals surface area contributed by atoms with E-state index in [-0.39, 0.29) is 22.6 Å². The Balaban J connectivity index is 1.95. The van der Waals surface area contributed by atoms with Crippen LogP contribution >= 0.6 is 35.0 Å². The maximum atomic E-state index is 12.0. The molecule has 1 amide bonds. The highest BCUT2D eigenvalue weighted by atomic mass is 35.5. The van der Waals surface area contributed by atoms with E-state index >= 15 is 0 Å². The molecule has 0 saturated heterocycles. The first-order chi connectivity index (χ1) is 11.4. The number of hydrogen-bond acceptors (Lipinski definition) is 4. The van der Waals surface area contributed by atoms with E-state index in [0.717, 1.165) is 5.56 Å². The summed E-state index contributed by atoms with van der Waals surface area (Å²) in [6.45, 7) is 1.89. The van der Waals surface area contributed by atoms with E-state index in [1.165, 1.54) is 23.9 Å². The number of rotatable bonds is 6. The van der Waals surface area contributed by atoms with Crippen molar-refractivity contribution >= 4 is 52.2 Å². The first kappa shape index (κ1) is 18.6. The number of amides is 1. The van der Waals surface area contributed by atoms with Crippen LogP contribution in [0.3, 0.4) is 0 Å². The van der Waals surface area contributed by atoms with Gasteiger partial charge in [0.05, 0.1) is 26.4 Å². The van der Waals surface area contributed by atoms with E-state index in [1.807, 2.05) is 6.92 Å². The Morgan fingerprint density at radius 1 is 1.29 bits per heavy atom. The Kier molecular flexibility index (Phi) is 6.48. The summed E-state index contributed by atoms with van der Waals surface area (Å²) in [6.07, 6.45) is 0. The summed E-state index contributed by atoms with van der Waals surface area (Å²) >= 11 is 13.3. The van der Waals surface area contributed by atoms with E-state index in [1.54, 1.807) is 30.3 Å². The molecule has 1 N–H and O–H groups in total. The number of non-ortho nitro benzene ring substituents is 1. The van der Waals surface area contributed by atoms with Crippen LogP contribution in [0, 0.1) is 10.1 Å². The fourth-order valence-corrected chi connectivity index (χ4v) is 3.14. The number of nitrogens with zero attached hydrogens (tertiary/aromatic N) is 1. The van der Waals surface area contributed by atoms with Crippen molar-refractivity contribution in [2.75, 3.05) is 11.1 Å². The highest BCUT2D eigenvalue weighted by Gasteiger charge is 2.14. The fourth-order valence-electron chi connectivity index (χ4n) is 1.97. The second-order valence-electron chi connectivity index (χ2n) is 4.95. The van der Waals surface area contributed by atoms with Crippen LogP contribution in [0.4, 0.5) is 11.4 Å². The second-order valence-corrected chi connectivity index (χ2v) is 7.07. The van der Waals surface area contributed by atoms with Crippen molar-refractivity contribution in [1.29, 1.82) is 0 Å². The number of halogens is 2. The first-order valence-corrected chi connectivity index (χ1v) is 8.78. The lowest BCUT2D eigenvalue weighted by atomic mass is 10.1. The van der Waals surface area contributed by atoms with E-state index < -0.39 is 4.92 Å². The predicted molar refractivity (Wildman–Crippen MR) is 99.1 cm³/mol. The van der Waals surface area contributed by atoms with Crippen molar-refractivity contribution < 1.29 is 9.72 Å². The molecule has 0 unspecified atom stereocenters. The third-order valence-electron chi connectivity index (χ3n) is 3.24. The van der Waals surface area contributed by atoms with Crippen LogP contribution in [0.15, 0.2) is 42.5 Å². The Bertz CT molecular complexity index is 771. The van der Waals surface area contributed by atoms with Gasteiger partial charge in [-0.25, -0.2) is 0 Å². The van der Waals surface area contributed by atoms with Gasteiger partial charge in [0.15, 0.2) is 0 Å². The molecule has 5 nitrogen and oxygen atoms in total. The predicted octanol–water partition coefficient (Wildman–Crippen LogP) is 5.33. The van der Waals surface area contributed by atoms with E-state index in [9.17, 15) is 14.9 Å². The Labute approximate surface area is 153 Å². The van der Waals surface area contributed by atoms with E-state index in [4.69, 9.17) is 23.2 Å². The van der Waals surface area contributed by atoms with Gasteiger partial charge in [0.2, 0.25) is 5.91 Å². The van der Waals surface area contributed by atoms with Crippen LogP contribution < -0.4 is 5.32 Å². The van der Waals surface area contributed by atoms with Gasteiger partial charge < -0.3 is 5.32 Å². The lowest BCUT2D eigenvalue weighted by molar-refractivity contribution is -0.384. The number of anilines is 1. The molecule has 0 aliphatic rings. The molecule has 0 heterocycles. The van der Waals surface area contributed by atoms with Gasteiger partial charge in [0.1, 0.15) is 0 Å². The average Bonchev–Trinajstić information content (AvgIpc) is 2.57. The quantitative estimate of drug-likeness (QED) is 0.539. The van der Waals surface area contributed by atoms with Gasteiger partial charge in [0, 0.05) is 17.4 Å². The van der Waals surface area contributed by atoms with Gasteiger partial charge in [-0.3, -0.25) is 14.9 Å². The zero-order valence-corrected chi connectivity index (χ0v) is 15.0. The molecule has 8 heteroatoms. The van der Waals surface area contributed by atoms with Crippen molar-refractivity contribution in [2.24, 2.45) is 0 Å². The third-order valence-corrected chi connectivity index (χ3v) is 5.26. The van der Waals surface area contributed by atoms with Crippen LogP contribution in [-0.4, -0.2) is 16.6 Å². The standard InChI is InChI=1S/C16H14Cl2N2O3S/c1-10(11-4-2-5-12(8-11)20(22)23)24-9-15(21)19-14-7-3-6-13(17)16(14)18/h2-8,10H,9H2,1H3,(H,19,21)/t10-/m1/s1. The molecule has 0 spiro atoms. The molecule has 2 aromatic carbocycles. The normalized spacial score (nSPS) is 11.8. The Morgan fingerprint density at radius 3 is 2.71 bits per heavy atom. The number of nitro groups is 1. The maximum absolute atomic E-state index is 12.0. The van der Waals surface area contributed by atoms with Gasteiger partial charge in [-0.05, 0) is 24.6 Å². The molecule has 0 radical (unpaired) electrons. The monoisotopic (exact) mass is 384 g/mol. The van der Waals surface area contributed by atoms with Crippen LogP contribution in [-0.2, 0) is 4.79 Å². The minimum atomic E-state index is -0.436. The highest BCUT2D eigenvalue weighted by molar-refractivity contribution is 8.00. The molecule has 0 aliphatic carbocycles. The van der Waals surface area contributed by atoms with Crippen molar-refractivity contribution in [3.05, 3.63) is 68.2 Å². The number of nitro benzene ring substituents is 1. The molecule has 2 rings (SSSR count). The largest absolute Gasteiger partial charge is 0.324 e. The van der Waals surface area contributed by atoms with Crippen molar-refractivity contribution in [1.82, 2.24) is 0 Å². The number of hydrogen-bond donors (Lipinski definition) is 1. The highest BCUT2D eigenvalue weighted by Crippen LogP contribution is 2.32. The van der Waals surface area contributed by atoms with Crippen LogP contribution in [0.5, 0.6) is 0 Å². The number of nitrogens with one attached hydrogen (secondary N) is 1. The molecule has 0 aromatic heterocycles. The van der Waals surface area contributed by atoms with E-state index in [2.05, 4.69) is 5.32 Å². The number of carbonyl (C=O) groups excluding carboxylic acids is 1. The Hall–Kier alpha value is -1.76. The summed E-state index contributed by atoms with van der Waals surface area (Å²) in [6, 6.07) is 11.4. The summed E-state index contributed by atoms with van der Waals surface area (Å²) < 4.78 is 0. The minimum Gasteiger partial charge on any atom is -0.324 e. The van der Waals surface area contributed by atoms with Crippen molar-refractivity contribution in [3.63, 3.8) is 0 Å². The molecule has 0 bridgehead atoms. The van der Waals surface area contributed by atoms with E-state index in [0.29, 0.717) is 15.7 Å². The summed E-state index contributed by atoms with van der Waals surface area (Å²) in [5.74, 6) is -0.0337. The molecule has 0 saturated carbocycles. The smallest absolute Gasteiger partial charge is 0.269 e. The second kappa shape index (κ2) is 8.37. The minimum absolute atomic E-state index is 0.0371. The number of thioether (sulfide) groups is 1. The molecular weight excluding hydrogens is 371 g/mol. The third kappa shape index (κ3) is 4.87. The lowest BCUT2D eigenvalue weighted by Crippen LogP contribution is -2.15. The summed E-state index contributed by atoms with van der Waals surface area (Å²) in [4.78, 5) is 22.4. The van der Waals surface area contributed by atoms with Crippen LogP contribution in [0.25, 0.3) is 0 Å². The van der Waals surface area contributed by atoms with Crippen molar-refractivity contribution in [3.8, 4) is 0 Å². The first-order valence-electron chi connectivity index (χ1n) is 6.98. The van der Waals surface area contributed by atoms with Gasteiger partial charge in [-0.1, -0.05) is 41.4 Å². The number of carbonyl (C=O) groups is 1. The number of benzene rings is 2. The zero-order valence-electron chi connectivity index (χ0n) is 12.7. The molecular formula is C16H14Cl2N2O3S. The average molecular weight is 385 g/mol.